The minimum absolute atomic E-state index is 0.0608. The number of hydrogen-bond acceptors (Lipinski definition) is 3. The highest BCUT2D eigenvalue weighted by molar-refractivity contribution is 7.92. The van der Waals surface area contributed by atoms with E-state index in [1.807, 2.05) is 20.8 Å². The Morgan fingerprint density at radius 3 is 2.45 bits per heavy atom. The molecule has 1 saturated heterocycles. The predicted octanol–water partition coefficient (Wildman–Crippen LogP) is 3.45. The number of hydrogen-bond donors (Lipinski definition) is 0. The summed E-state index contributed by atoms with van der Waals surface area (Å²) in [7, 11) is -3.17. The number of sulfone groups is 1. The molecule has 0 N–H and O–H groups in total. The zero-order valence-corrected chi connectivity index (χ0v) is 13.6. The van der Waals surface area contributed by atoms with Gasteiger partial charge in [0.05, 0.1) is 11.4 Å². The van der Waals surface area contributed by atoms with Gasteiger partial charge >= 0.3 is 0 Å². The lowest BCUT2D eigenvalue weighted by atomic mass is 9.52. The first kappa shape index (κ1) is 14.6. The molecule has 1 aliphatic heterocycles. The van der Waals surface area contributed by atoms with Crippen LogP contribution in [0.4, 0.5) is 0 Å². The van der Waals surface area contributed by atoms with Crippen molar-refractivity contribution >= 4 is 9.84 Å². The van der Waals surface area contributed by atoms with Crippen molar-refractivity contribution in [2.75, 3.05) is 5.75 Å². The Balaban J connectivity index is 2.10. The van der Waals surface area contributed by atoms with Crippen LogP contribution in [0.2, 0.25) is 0 Å². The molecule has 0 radical (unpaired) electrons. The van der Waals surface area contributed by atoms with Crippen molar-refractivity contribution in [1.29, 1.82) is 0 Å². The van der Waals surface area contributed by atoms with E-state index >= 15 is 0 Å². The molecule has 3 aliphatic rings. The maximum Gasteiger partial charge on any atom is 0.178 e. The van der Waals surface area contributed by atoms with Crippen LogP contribution in [0.3, 0.4) is 0 Å². The monoisotopic (exact) mass is 298 g/mol. The first-order chi connectivity index (χ1) is 9.21. The zero-order valence-electron chi connectivity index (χ0n) is 12.8. The third-order valence-corrected chi connectivity index (χ3v) is 7.61. The lowest BCUT2D eigenvalue weighted by Crippen LogP contribution is -2.50. The average molecular weight is 298 g/mol. The van der Waals surface area contributed by atoms with Gasteiger partial charge in [0, 0.05) is 5.41 Å². The van der Waals surface area contributed by atoms with Gasteiger partial charge in [-0.2, -0.15) is 0 Å². The summed E-state index contributed by atoms with van der Waals surface area (Å²) in [5, 5.41) is 0. The van der Waals surface area contributed by atoms with Crippen molar-refractivity contribution in [2.45, 2.75) is 70.3 Å². The van der Waals surface area contributed by atoms with Crippen LogP contribution in [0.25, 0.3) is 0 Å². The van der Waals surface area contributed by atoms with Gasteiger partial charge in [-0.15, -0.1) is 0 Å². The second-order valence-electron chi connectivity index (χ2n) is 7.89. The van der Waals surface area contributed by atoms with E-state index in [-0.39, 0.29) is 10.8 Å². The molecule has 0 aromatic carbocycles. The van der Waals surface area contributed by atoms with Crippen LogP contribution in [0, 0.1) is 10.8 Å². The standard InChI is InChI=1S/C16H26O3S/c1-14(2,3)19-13-16-10-6-4-8-15(16,9-5-7-11-16)12-20(13,17)18/h4,6,13H,5,7-12H2,1-3H3/t13-,15+,16+/m0/s1. The Morgan fingerprint density at radius 2 is 1.75 bits per heavy atom. The van der Waals surface area contributed by atoms with Gasteiger partial charge in [0.15, 0.2) is 15.3 Å². The van der Waals surface area contributed by atoms with E-state index < -0.39 is 20.9 Å². The molecule has 0 aromatic rings. The number of rotatable bonds is 1. The largest absolute Gasteiger partial charge is 0.356 e. The molecule has 3 nitrogen and oxygen atoms in total. The molecule has 3 rings (SSSR count). The third-order valence-electron chi connectivity index (χ3n) is 5.46. The van der Waals surface area contributed by atoms with E-state index in [0.717, 1.165) is 38.5 Å². The van der Waals surface area contributed by atoms with Crippen LogP contribution in [0.15, 0.2) is 12.2 Å². The summed E-state index contributed by atoms with van der Waals surface area (Å²) in [6, 6.07) is 0. The highest BCUT2D eigenvalue weighted by atomic mass is 32.2. The van der Waals surface area contributed by atoms with Gasteiger partial charge in [-0.1, -0.05) is 25.0 Å². The number of allylic oxidation sites excluding steroid dienone is 2. The Bertz CT molecular complexity index is 528. The van der Waals surface area contributed by atoms with Crippen LogP contribution < -0.4 is 0 Å². The van der Waals surface area contributed by atoms with Crippen molar-refractivity contribution in [3.8, 4) is 0 Å². The summed E-state index contributed by atoms with van der Waals surface area (Å²) >= 11 is 0. The smallest absolute Gasteiger partial charge is 0.178 e. The summed E-state index contributed by atoms with van der Waals surface area (Å²) in [5.74, 6) is 0.324. The highest BCUT2D eigenvalue weighted by Gasteiger charge is 2.67. The molecule has 114 valence electrons. The molecule has 2 fully saturated rings. The molecule has 0 bridgehead atoms. The quantitative estimate of drug-likeness (QED) is 0.696. The molecule has 0 amide bonds. The minimum Gasteiger partial charge on any atom is -0.356 e. The molecular formula is C16H26O3S. The van der Waals surface area contributed by atoms with E-state index in [2.05, 4.69) is 12.2 Å². The van der Waals surface area contributed by atoms with Gasteiger partial charge in [-0.05, 0) is 51.9 Å². The van der Waals surface area contributed by atoms with Crippen LogP contribution in [0.1, 0.15) is 59.3 Å². The second kappa shape index (κ2) is 4.33. The van der Waals surface area contributed by atoms with Crippen LogP contribution in [0.5, 0.6) is 0 Å². The fourth-order valence-electron chi connectivity index (χ4n) is 4.70. The molecular weight excluding hydrogens is 272 g/mol. The fraction of sp³-hybridized carbons (Fsp3) is 0.875. The minimum atomic E-state index is -3.17. The molecule has 0 spiro atoms. The normalized spacial score (nSPS) is 43.0. The SMILES string of the molecule is CC(C)(C)O[C@@H]1[C@]23CC=CC[C@@]2(CCCC3)CS1(=O)=O. The van der Waals surface area contributed by atoms with Crippen molar-refractivity contribution in [1.82, 2.24) is 0 Å². The van der Waals surface area contributed by atoms with Crippen molar-refractivity contribution in [3.63, 3.8) is 0 Å². The van der Waals surface area contributed by atoms with Crippen LogP contribution in [-0.4, -0.2) is 25.2 Å². The zero-order chi connectivity index (χ0) is 14.6. The molecule has 1 heterocycles. The molecule has 1 saturated carbocycles. The Labute approximate surface area is 122 Å². The lowest BCUT2D eigenvalue weighted by Gasteiger charge is -2.52. The lowest BCUT2D eigenvalue weighted by molar-refractivity contribution is -0.124. The summed E-state index contributed by atoms with van der Waals surface area (Å²) in [6.07, 6.45) is 10.5. The van der Waals surface area contributed by atoms with E-state index in [1.165, 1.54) is 0 Å². The molecule has 0 unspecified atom stereocenters. The topological polar surface area (TPSA) is 43.4 Å². The van der Waals surface area contributed by atoms with Crippen molar-refractivity contribution in [3.05, 3.63) is 12.2 Å². The first-order valence-electron chi connectivity index (χ1n) is 7.75. The van der Waals surface area contributed by atoms with Gasteiger partial charge < -0.3 is 4.74 Å². The van der Waals surface area contributed by atoms with E-state index in [9.17, 15) is 8.42 Å². The van der Waals surface area contributed by atoms with E-state index in [0.29, 0.717) is 5.75 Å². The van der Waals surface area contributed by atoms with Gasteiger partial charge in [0.25, 0.3) is 0 Å². The summed E-state index contributed by atoms with van der Waals surface area (Å²) in [4.78, 5) is 0. The average Bonchev–Trinajstić information content (AvgIpc) is 2.53. The molecule has 2 aliphatic carbocycles. The summed E-state index contributed by atoms with van der Waals surface area (Å²) in [5.41, 5.74) is -1.26. The Morgan fingerprint density at radius 1 is 1.10 bits per heavy atom. The van der Waals surface area contributed by atoms with Gasteiger partial charge in [-0.3, -0.25) is 0 Å². The van der Waals surface area contributed by atoms with Crippen molar-refractivity contribution in [2.24, 2.45) is 10.8 Å². The maximum atomic E-state index is 12.8. The highest BCUT2D eigenvalue weighted by Crippen LogP contribution is 2.65. The van der Waals surface area contributed by atoms with Gasteiger partial charge in [-0.25, -0.2) is 8.42 Å². The predicted molar refractivity (Wildman–Crippen MR) is 80.1 cm³/mol. The molecule has 20 heavy (non-hydrogen) atoms. The Kier molecular flexibility index (Phi) is 3.15. The van der Waals surface area contributed by atoms with Gasteiger partial charge in [0.1, 0.15) is 0 Å². The molecule has 4 heteroatoms. The van der Waals surface area contributed by atoms with Crippen LogP contribution >= 0.6 is 0 Å². The van der Waals surface area contributed by atoms with E-state index in [4.69, 9.17) is 4.74 Å². The molecule has 0 aromatic heterocycles. The van der Waals surface area contributed by atoms with Gasteiger partial charge in [0.2, 0.25) is 0 Å². The Hall–Kier alpha value is -0.350. The van der Waals surface area contributed by atoms with Crippen molar-refractivity contribution < 1.29 is 13.2 Å². The van der Waals surface area contributed by atoms with E-state index in [1.54, 1.807) is 0 Å². The summed E-state index contributed by atoms with van der Waals surface area (Å²) < 4.78 is 31.7. The fourth-order valence-corrected chi connectivity index (χ4v) is 7.75. The summed E-state index contributed by atoms with van der Waals surface area (Å²) in [6.45, 7) is 5.88. The second-order valence-corrected chi connectivity index (χ2v) is 9.94. The molecule has 3 atom stereocenters. The maximum absolute atomic E-state index is 12.8. The third kappa shape index (κ3) is 1.98. The number of ether oxygens (including phenoxy) is 1. The first-order valence-corrected chi connectivity index (χ1v) is 9.47. The van der Waals surface area contributed by atoms with Crippen LogP contribution in [-0.2, 0) is 14.6 Å².